The first-order chi connectivity index (χ1) is 17.3. The number of hydrogen-bond donors (Lipinski definition) is 1. The van der Waals surface area contributed by atoms with Crippen LogP contribution in [-0.4, -0.2) is 54.2 Å². The molecule has 2 aromatic rings. The third-order valence-corrected chi connectivity index (χ3v) is 8.71. The van der Waals surface area contributed by atoms with E-state index in [9.17, 15) is 14.4 Å². The predicted octanol–water partition coefficient (Wildman–Crippen LogP) is 4.01. The molecule has 0 spiro atoms. The maximum Gasteiger partial charge on any atom is 0.327 e. The number of esters is 1. The largest absolute Gasteiger partial charge is 0.496 e. The average molecular weight is 511 g/mol. The highest BCUT2D eigenvalue weighted by Crippen LogP contribution is 2.51. The summed E-state index contributed by atoms with van der Waals surface area (Å²) < 4.78 is 11.0. The van der Waals surface area contributed by atoms with Crippen molar-refractivity contribution in [2.24, 2.45) is 11.8 Å². The minimum Gasteiger partial charge on any atom is -0.496 e. The van der Waals surface area contributed by atoms with Crippen molar-refractivity contribution < 1.29 is 23.9 Å². The maximum atomic E-state index is 13.6. The Morgan fingerprint density at radius 3 is 2.44 bits per heavy atom. The van der Waals surface area contributed by atoms with Crippen molar-refractivity contribution in [3.8, 4) is 5.75 Å². The summed E-state index contributed by atoms with van der Waals surface area (Å²) in [4.78, 5) is 42.9. The number of carbonyl (C=O) groups is 3. The number of ether oxygens (including phenoxy) is 2. The molecule has 4 rings (SSSR count). The van der Waals surface area contributed by atoms with Crippen LogP contribution >= 0.6 is 11.8 Å². The molecule has 7 nitrogen and oxygen atoms in total. The van der Waals surface area contributed by atoms with Crippen molar-refractivity contribution >= 4 is 29.5 Å². The zero-order valence-corrected chi connectivity index (χ0v) is 22.3. The van der Waals surface area contributed by atoms with Gasteiger partial charge >= 0.3 is 5.97 Å². The lowest BCUT2D eigenvalue weighted by Gasteiger charge is -2.32. The molecule has 0 saturated carbocycles. The SMILES string of the molecule is CCC(C)Sc1ccc([C@H]2N[C@@](Cc3ccccc3)(C(=O)OC)[C@H]3C(=O)N(CC)C(=O)[C@@H]23)cc1OC. The van der Waals surface area contributed by atoms with E-state index in [0.717, 1.165) is 22.4 Å². The van der Waals surface area contributed by atoms with Crippen LogP contribution in [-0.2, 0) is 25.5 Å². The van der Waals surface area contributed by atoms with Crippen LogP contribution in [0.1, 0.15) is 44.4 Å². The average Bonchev–Trinajstić information content (AvgIpc) is 3.37. The Labute approximate surface area is 216 Å². The molecule has 2 aromatic carbocycles. The molecule has 5 atom stereocenters. The van der Waals surface area contributed by atoms with Crippen LogP contribution in [0.3, 0.4) is 0 Å². The van der Waals surface area contributed by atoms with Crippen molar-refractivity contribution in [3.05, 3.63) is 59.7 Å². The molecule has 8 heteroatoms. The first kappa shape index (κ1) is 26.2. The van der Waals surface area contributed by atoms with Crippen LogP contribution < -0.4 is 10.1 Å². The van der Waals surface area contributed by atoms with Gasteiger partial charge in [-0.2, -0.15) is 0 Å². The molecule has 1 N–H and O–H groups in total. The van der Waals surface area contributed by atoms with Gasteiger partial charge in [0.1, 0.15) is 11.3 Å². The second-order valence-electron chi connectivity index (χ2n) is 9.42. The molecule has 2 aliphatic rings. The monoisotopic (exact) mass is 510 g/mol. The van der Waals surface area contributed by atoms with Gasteiger partial charge in [0, 0.05) is 29.2 Å². The summed E-state index contributed by atoms with van der Waals surface area (Å²) in [5, 5.41) is 3.87. The van der Waals surface area contributed by atoms with Gasteiger partial charge in [-0.05, 0) is 36.6 Å². The Kier molecular flexibility index (Phi) is 7.76. The molecular weight excluding hydrogens is 476 g/mol. The van der Waals surface area contributed by atoms with Crippen molar-refractivity contribution in [2.45, 2.75) is 55.3 Å². The van der Waals surface area contributed by atoms with E-state index in [1.807, 2.05) is 48.5 Å². The zero-order valence-electron chi connectivity index (χ0n) is 21.4. The molecule has 2 aliphatic heterocycles. The van der Waals surface area contributed by atoms with Crippen molar-refractivity contribution in [2.75, 3.05) is 20.8 Å². The van der Waals surface area contributed by atoms with Gasteiger partial charge in [-0.25, -0.2) is 0 Å². The fraction of sp³-hybridized carbons (Fsp3) is 0.464. The molecule has 0 radical (unpaired) electrons. The van der Waals surface area contributed by atoms with Crippen molar-refractivity contribution in [1.82, 2.24) is 10.2 Å². The smallest absolute Gasteiger partial charge is 0.327 e. The van der Waals surface area contributed by atoms with E-state index in [1.165, 1.54) is 12.0 Å². The second-order valence-corrected chi connectivity index (χ2v) is 10.9. The normalized spacial score (nSPS) is 26.1. The quantitative estimate of drug-likeness (QED) is 0.310. The van der Waals surface area contributed by atoms with E-state index >= 15 is 0 Å². The zero-order chi connectivity index (χ0) is 26.0. The molecule has 36 heavy (non-hydrogen) atoms. The minimum absolute atomic E-state index is 0.230. The third kappa shape index (κ3) is 4.41. The molecule has 2 fully saturated rings. The van der Waals surface area contributed by atoms with Crippen LogP contribution in [0.15, 0.2) is 53.4 Å². The summed E-state index contributed by atoms with van der Waals surface area (Å²) in [6.45, 7) is 6.34. The lowest BCUT2D eigenvalue weighted by atomic mass is 9.76. The van der Waals surface area contributed by atoms with Gasteiger partial charge in [0.05, 0.1) is 26.1 Å². The van der Waals surface area contributed by atoms with Gasteiger partial charge in [0.2, 0.25) is 11.8 Å². The van der Waals surface area contributed by atoms with E-state index in [-0.39, 0.29) is 24.8 Å². The van der Waals surface area contributed by atoms with E-state index in [4.69, 9.17) is 9.47 Å². The van der Waals surface area contributed by atoms with Crippen LogP contribution in [0.25, 0.3) is 0 Å². The Balaban J connectivity index is 1.82. The van der Waals surface area contributed by atoms with Crippen molar-refractivity contribution in [1.29, 1.82) is 0 Å². The number of nitrogens with one attached hydrogen (secondary N) is 1. The number of hydrogen-bond acceptors (Lipinski definition) is 7. The number of fused-ring (bicyclic) bond motifs is 1. The first-order valence-electron chi connectivity index (χ1n) is 12.4. The number of methoxy groups -OCH3 is 2. The Bertz CT molecular complexity index is 1140. The summed E-state index contributed by atoms with van der Waals surface area (Å²) in [6, 6.07) is 14.8. The van der Waals surface area contributed by atoms with Gasteiger partial charge < -0.3 is 9.47 Å². The highest BCUT2D eigenvalue weighted by molar-refractivity contribution is 8.00. The fourth-order valence-corrected chi connectivity index (χ4v) is 6.46. The molecule has 2 saturated heterocycles. The fourth-order valence-electron chi connectivity index (χ4n) is 5.46. The summed E-state index contributed by atoms with van der Waals surface area (Å²) in [5.41, 5.74) is 0.301. The highest BCUT2D eigenvalue weighted by Gasteiger charge is 2.68. The molecule has 0 aromatic heterocycles. The summed E-state index contributed by atoms with van der Waals surface area (Å²) in [6.07, 6.45) is 1.25. The lowest BCUT2D eigenvalue weighted by molar-refractivity contribution is -0.154. The second kappa shape index (κ2) is 10.6. The topological polar surface area (TPSA) is 84.9 Å². The molecule has 1 unspecified atom stereocenters. The number of nitrogens with zero attached hydrogens (tertiary/aromatic N) is 1. The van der Waals surface area contributed by atoms with E-state index in [2.05, 4.69) is 19.2 Å². The van der Waals surface area contributed by atoms with Crippen LogP contribution in [0.2, 0.25) is 0 Å². The van der Waals surface area contributed by atoms with Crippen molar-refractivity contribution in [3.63, 3.8) is 0 Å². The summed E-state index contributed by atoms with van der Waals surface area (Å²) >= 11 is 1.73. The van der Waals surface area contributed by atoms with Crippen LogP contribution in [0.4, 0.5) is 0 Å². The Morgan fingerprint density at radius 2 is 1.83 bits per heavy atom. The van der Waals surface area contributed by atoms with E-state index in [1.54, 1.807) is 25.8 Å². The molecule has 2 heterocycles. The number of thioether (sulfide) groups is 1. The van der Waals surface area contributed by atoms with Crippen LogP contribution in [0, 0.1) is 11.8 Å². The molecule has 0 bridgehead atoms. The standard InChI is InChI=1S/C28H34N2O5S/c1-6-17(3)36-21-14-13-19(15-20(21)34-4)24-22-23(26(32)30(7-2)25(22)31)28(29-24,27(33)35-5)16-18-11-9-8-10-12-18/h8-15,17,22-24,29H,6-7,16H2,1-5H3/t17?,22-,23-,24-,28-/m1/s1. The third-order valence-electron chi connectivity index (χ3n) is 7.39. The highest BCUT2D eigenvalue weighted by atomic mass is 32.2. The summed E-state index contributed by atoms with van der Waals surface area (Å²) in [5.74, 6) is -2.03. The number of carbonyl (C=O) groups excluding carboxylic acids is 3. The molecule has 0 aliphatic carbocycles. The van der Waals surface area contributed by atoms with E-state index < -0.39 is 29.4 Å². The molecule has 2 amide bonds. The molecule has 192 valence electrons. The summed E-state index contributed by atoms with van der Waals surface area (Å²) in [7, 11) is 2.95. The Morgan fingerprint density at radius 1 is 1.11 bits per heavy atom. The predicted molar refractivity (Wildman–Crippen MR) is 139 cm³/mol. The number of imide groups is 1. The van der Waals surface area contributed by atoms with E-state index in [0.29, 0.717) is 11.0 Å². The maximum absolute atomic E-state index is 13.6. The van der Waals surface area contributed by atoms with Gasteiger partial charge in [-0.15, -0.1) is 11.8 Å². The van der Waals surface area contributed by atoms with Gasteiger partial charge in [-0.1, -0.05) is 50.2 Å². The first-order valence-corrected chi connectivity index (χ1v) is 13.3. The number of rotatable bonds is 9. The number of benzene rings is 2. The number of amides is 2. The number of likely N-dealkylation sites (tertiary alicyclic amines) is 1. The van der Waals surface area contributed by atoms with Gasteiger partial charge in [0.15, 0.2) is 0 Å². The minimum atomic E-state index is -1.38. The molecular formula is C28H34N2O5S. The Hall–Kier alpha value is -2.84. The van der Waals surface area contributed by atoms with Crippen LogP contribution in [0.5, 0.6) is 5.75 Å². The lowest BCUT2D eigenvalue weighted by Crippen LogP contribution is -2.57. The van der Waals surface area contributed by atoms with Gasteiger partial charge in [-0.3, -0.25) is 24.6 Å². The van der Waals surface area contributed by atoms with Gasteiger partial charge in [0.25, 0.3) is 0 Å².